The average molecular weight is 372 g/mol. The van der Waals surface area contributed by atoms with Crippen LogP contribution in [0.25, 0.3) is 10.9 Å². The molecule has 5 rings (SSSR count). The van der Waals surface area contributed by atoms with Crippen molar-refractivity contribution in [1.82, 2.24) is 15.0 Å². The fourth-order valence-electron chi connectivity index (χ4n) is 4.94. The first-order valence-electron chi connectivity index (χ1n) is 9.99. The average Bonchev–Trinajstić information content (AvgIpc) is 2.68. The zero-order valence-electron chi connectivity index (χ0n) is 15.4. The summed E-state index contributed by atoms with van der Waals surface area (Å²) in [6.07, 6.45) is 12.4. The van der Waals surface area contributed by atoms with Gasteiger partial charge in [0.25, 0.3) is 0 Å². The molecule has 2 aromatic rings. The van der Waals surface area contributed by atoms with E-state index in [-0.39, 0.29) is 11.7 Å². The Balaban J connectivity index is 1.29. The van der Waals surface area contributed by atoms with Crippen LogP contribution in [0.5, 0.6) is 0 Å². The van der Waals surface area contributed by atoms with Gasteiger partial charge in [-0.3, -0.25) is 4.98 Å². The summed E-state index contributed by atoms with van der Waals surface area (Å²) in [6, 6.07) is 0. The Hall–Kier alpha value is -1.86. The Morgan fingerprint density at radius 1 is 1.19 bits per heavy atom. The van der Waals surface area contributed by atoms with Crippen molar-refractivity contribution in [2.24, 2.45) is 5.41 Å². The van der Waals surface area contributed by atoms with E-state index in [0.29, 0.717) is 17.0 Å². The molecule has 27 heavy (non-hydrogen) atoms. The molecule has 1 spiro atoms. The maximum atomic E-state index is 14.0. The molecule has 1 unspecified atom stereocenters. The van der Waals surface area contributed by atoms with Crippen molar-refractivity contribution in [2.45, 2.75) is 57.3 Å². The highest BCUT2D eigenvalue weighted by Gasteiger charge is 2.48. The van der Waals surface area contributed by atoms with Gasteiger partial charge in [-0.1, -0.05) is 0 Å². The minimum atomic E-state index is -0.396. The third kappa shape index (κ3) is 3.27. The van der Waals surface area contributed by atoms with E-state index >= 15 is 0 Å². The molecule has 7 heteroatoms. The van der Waals surface area contributed by atoms with Gasteiger partial charge in [0.15, 0.2) is 12.1 Å². The van der Waals surface area contributed by atoms with Crippen molar-refractivity contribution in [3.05, 3.63) is 24.5 Å². The second kappa shape index (κ2) is 6.95. The Kier molecular flexibility index (Phi) is 4.44. The van der Waals surface area contributed by atoms with Crippen LogP contribution >= 0.6 is 0 Å². The van der Waals surface area contributed by atoms with E-state index in [1.165, 1.54) is 25.4 Å². The summed E-state index contributed by atoms with van der Waals surface area (Å²) in [5.74, 6) is 0.401. The first kappa shape index (κ1) is 17.3. The molecule has 2 aliphatic heterocycles. The number of rotatable bonds is 3. The standard InChI is InChI=1S/C20H25FN4O2/c21-16-11-22-10-15-18(16)23-13-24-19(15)25-6-3-5-20(12-25)8-14(9-20)27-17-4-1-2-7-26-17/h10-11,13-14,17H,1-9,12H2. The molecule has 0 N–H and O–H groups in total. The van der Waals surface area contributed by atoms with Crippen LogP contribution in [0.2, 0.25) is 0 Å². The molecule has 144 valence electrons. The van der Waals surface area contributed by atoms with Crippen LogP contribution in [-0.4, -0.2) is 47.0 Å². The Labute approximate surface area is 158 Å². The molecule has 6 nitrogen and oxygen atoms in total. The fraction of sp³-hybridized carbons (Fsp3) is 0.650. The largest absolute Gasteiger partial charge is 0.355 e. The predicted molar refractivity (Wildman–Crippen MR) is 98.9 cm³/mol. The van der Waals surface area contributed by atoms with Gasteiger partial charge in [-0.25, -0.2) is 14.4 Å². The van der Waals surface area contributed by atoms with E-state index in [9.17, 15) is 4.39 Å². The molecule has 0 bridgehead atoms. The third-order valence-electron chi connectivity index (χ3n) is 6.25. The van der Waals surface area contributed by atoms with E-state index in [0.717, 1.165) is 57.6 Å². The number of nitrogens with zero attached hydrogens (tertiary/aromatic N) is 4. The number of aromatic nitrogens is 3. The Bertz CT molecular complexity index is 821. The van der Waals surface area contributed by atoms with Crippen LogP contribution in [-0.2, 0) is 9.47 Å². The van der Waals surface area contributed by atoms with Crippen LogP contribution < -0.4 is 4.90 Å². The van der Waals surface area contributed by atoms with Gasteiger partial charge < -0.3 is 14.4 Å². The minimum Gasteiger partial charge on any atom is -0.355 e. The molecule has 3 aliphatic rings. The fourth-order valence-corrected chi connectivity index (χ4v) is 4.94. The molecule has 0 aromatic carbocycles. The van der Waals surface area contributed by atoms with Gasteiger partial charge in [-0.15, -0.1) is 0 Å². The van der Waals surface area contributed by atoms with E-state index in [2.05, 4.69) is 19.9 Å². The van der Waals surface area contributed by atoms with Crippen molar-refractivity contribution >= 4 is 16.7 Å². The number of pyridine rings is 1. The number of hydrogen-bond acceptors (Lipinski definition) is 6. The van der Waals surface area contributed by atoms with Crippen LogP contribution in [0.1, 0.15) is 44.9 Å². The van der Waals surface area contributed by atoms with Crippen LogP contribution in [0.3, 0.4) is 0 Å². The number of piperidine rings is 1. The summed E-state index contributed by atoms with van der Waals surface area (Å²) >= 11 is 0. The second-order valence-corrected chi connectivity index (χ2v) is 8.20. The van der Waals surface area contributed by atoms with Gasteiger partial charge in [-0.05, 0) is 50.4 Å². The highest BCUT2D eigenvalue weighted by Crippen LogP contribution is 2.50. The zero-order valence-corrected chi connectivity index (χ0v) is 15.4. The summed E-state index contributed by atoms with van der Waals surface area (Å²) in [7, 11) is 0. The highest BCUT2D eigenvalue weighted by molar-refractivity contribution is 5.88. The molecule has 2 aromatic heterocycles. The first-order valence-corrected chi connectivity index (χ1v) is 9.99. The predicted octanol–water partition coefficient (Wildman–Crippen LogP) is 3.46. The van der Waals surface area contributed by atoms with Gasteiger partial charge in [0.1, 0.15) is 17.7 Å². The van der Waals surface area contributed by atoms with Gasteiger partial charge in [0.05, 0.1) is 17.7 Å². The normalized spacial score (nSPS) is 31.2. The monoisotopic (exact) mass is 372 g/mol. The zero-order chi connectivity index (χ0) is 18.3. The number of ether oxygens (including phenoxy) is 2. The number of anilines is 1. The molecular weight excluding hydrogens is 347 g/mol. The molecular formula is C20H25FN4O2. The van der Waals surface area contributed by atoms with Gasteiger partial charge in [-0.2, -0.15) is 0 Å². The number of halogens is 1. The minimum absolute atomic E-state index is 0.0133. The van der Waals surface area contributed by atoms with Crippen molar-refractivity contribution in [3.8, 4) is 0 Å². The molecule has 1 saturated carbocycles. The SMILES string of the molecule is Fc1cncc2c(N3CCCC4(CC(OC5CCCCO5)C4)C3)ncnc12. The van der Waals surface area contributed by atoms with Gasteiger partial charge in [0.2, 0.25) is 0 Å². The lowest BCUT2D eigenvalue weighted by atomic mass is 9.62. The third-order valence-corrected chi connectivity index (χ3v) is 6.25. The van der Waals surface area contributed by atoms with Crippen molar-refractivity contribution < 1.29 is 13.9 Å². The second-order valence-electron chi connectivity index (χ2n) is 8.20. The maximum absolute atomic E-state index is 14.0. The van der Waals surface area contributed by atoms with Gasteiger partial charge >= 0.3 is 0 Å². The van der Waals surface area contributed by atoms with E-state index in [1.807, 2.05) is 0 Å². The highest BCUT2D eigenvalue weighted by atomic mass is 19.1. The first-order chi connectivity index (χ1) is 13.2. The maximum Gasteiger partial charge on any atom is 0.167 e. The van der Waals surface area contributed by atoms with Crippen molar-refractivity contribution in [1.29, 1.82) is 0 Å². The lowest BCUT2D eigenvalue weighted by molar-refractivity contribution is -0.223. The lowest BCUT2D eigenvalue weighted by Crippen LogP contribution is -2.54. The Morgan fingerprint density at radius 2 is 2.11 bits per heavy atom. The molecule has 0 radical (unpaired) electrons. The summed E-state index contributed by atoms with van der Waals surface area (Å²) in [4.78, 5) is 14.8. The molecule has 0 amide bonds. The van der Waals surface area contributed by atoms with E-state index in [1.54, 1.807) is 6.20 Å². The van der Waals surface area contributed by atoms with Crippen LogP contribution in [0, 0.1) is 11.2 Å². The summed E-state index contributed by atoms with van der Waals surface area (Å²) in [5, 5.41) is 0.692. The number of hydrogen-bond donors (Lipinski definition) is 0. The Morgan fingerprint density at radius 3 is 2.96 bits per heavy atom. The topological polar surface area (TPSA) is 60.4 Å². The molecule has 1 atom stereocenters. The lowest BCUT2D eigenvalue weighted by Gasteiger charge is -2.53. The smallest absolute Gasteiger partial charge is 0.167 e. The molecule has 4 heterocycles. The molecule has 3 fully saturated rings. The molecule has 1 aliphatic carbocycles. The summed E-state index contributed by atoms with van der Waals surface area (Å²) in [5.41, 5.74) is 0.620. The quantitative estimate of drug-likeness (QED) is 0.822. The number of fused-ring (bicyclic) bond motifs is 1. The summed E-state index contributed by atoms with van der Waals surface area (Å²) < 4.78 is 25.9. The van der Waals surface area contributed by atoms with Crippen LogP contribution in [0.15, 0.2) is 18.7 Å². The van der Waals surface area contributed by atoms with Gasteiger partial charge in [0, 0.05) is 25.9 Å². The van der Waals surface area contributed by atoms with Crippen LogP contribution in [0.4, 0.5) is 10.2 Å². The van der Waals surface area contributed by atoms with E-state index < -0.39 is 5.82 Å². The molecule has 2 saturated heterocycles. The van der Waals surface area contributed by atoms with E-state index in [4.69, 9.17) is 9.47 Å². The van der Waals surface area contributed by atoms with Crippen molar-refractivity contribution in [3.63, 3.8) is 0 Å². The van der Waals surface area contributed by atoms with Crippen molar-refractivity contribution in [2.75, 3.05) is 24.6 Å². The summed E-state index contributed by atoms with van der Waals surface area (Å²) in [6.45, 7) is 2.68.